The van der Waals surface area contributed by atoms with Crippen molar-refractivity contribution in [3.05, 3.63) is 102 Å². The minimum Gasteiger partial charge on any atom is -0.497 e. The van der Waals surface area contributed by atoms with Crippen molar-refractivity contribution in [3.63, 3.8) is 0 Å². The number of hydrogen-bond acceptors (Lipinski definition) is 5. The minimum atomic E-state index is -0.0105. The van der Waals surface area contributed by atoms with Crippen LogP contribution < -0.4 is 4.74 Å². The molecule has 0 bridgehead atoms. The number of carbonyl (C=O) groups is 1. The Balaban J connectivity index is 1.32. The van der Waals surface area contributed by atoms with Gasteiger partial charge in [-0.05, 0) is 54.8 Å². The number of ether oxygens (including phenoxy) is 1. The third-order valence-corrected chi connectivity index (χ3v) is 6.96. The topological polar surface area (TPSA) is 77.6 Å². The van der Waals surface area contributed by atoms with Gasteiger partial charge in [0.1, 0.15) is 17.3 Å². The van der Waals surface area contributed by atoms with Crippen LogP contribution in [-0.4, -0.2) is 55.4 Å². The lowest BCUT2D eigenvalue weighted by atomic mass is 9.96. The van der Waals surface area contributed by atoms with Crippen LogP contribution in [0.5, 0.6) is 5.75 Å². The predicted octanol–water partition coefficient (Wildman–Crippen LogP) is 4.67. The fourth-order valence-corrected chi connectivity index (χ4v) is 5.07. The van der Waals surface area contributed by atoms with E-state index >= 15 is 0 Å². The van der Waals surface area contributed by atoms with E-state index in [1.165, 1.54) is 0 Å². The van der Waals surface area contributed by atoms with Gasteiger partial charge < -0.3 is 9.64 Å². The van der Waals surface area contributed by atoms with Crippen LogP contribution in [-0.2, 0) is 6.54 Å². The van der Waals surface area contributed by atoms with Crippen molar-refractivity contribution in [1.82, 2.24) is 29.3 Å². The maximum absolute atomic E-state index is 14.0. The Kier molecular flexibility index (Phi) is 6.14. The standard InChI is InChI=1S/C29H28N6O2/c1-37-24-14-12-22(13-15-24)27-25(20-34(32-27)18-21-8-3-2-4-9-21)29(36)33-16-7-10-23(19-33)28-31-30-26-11-5-6-17-35(26)28/h2-6,8-9,11-15,17,20,23H,7,10,16,18-19H2,1H3. The third kappa shape index (κ3) is 4.58. The van der Waals surface area contributed by atoms with E-state index in [-0.39, 0.29) is 11.8 Å². The highest BCUT2D eigenvalue weighted by Crippen LogP contribution is 2.30. The summed E-state index contributed by atoms with van der Waals surface area (Å²) in [5, 5.41) is 13.6. The summed E-state index contributed by atoms with van der Waals surface area (Å²) in [5.74, 6) is 1.78. The lowest BCUT2D eigenvalue weighted by molar-refractivity contribution is 0.0705. The fraction of sp³-hybridized carbons (Fsp3) is 0.241. The molecule has 4 heterocycles. The molecule has 5 aromatic rings. The number of fused-ring (bicyclic) bond motifs is 1. The molecule has 1 atom stereocenters. The number of rotatable bonds is 6. The minimum absolute atomic E-state index is 0.0105. The van der Waals surface area contributed by atoms with E-state index in [4.69, 9.17) is 9.84 Å². The number of nitrogens with zero attached hydrogens (tertiary/aromatic N) is 6. The molecule has 1 aliphatic heterocycles. The van der Waals surface area contributed by atoms with Gasteiger partial charge in [0.05, 0.1) is 19.2 Å². The summed E-state index contributed by atoms with van der Waals surface area (Å²) in [5.41, 5.74) is 4.12. The van der Waals surface area contributed by atoms with Gasteiger partial charge in [-0.1, -0.05) is 36.4 Å². The van der Waals surface area contributed by atoms with Gasteiger partial charge in [-0.15, -0.1) is 10.2 Å². The number of benzene rings is 2. The van der Waals surface area contributed by atoms with Crippen LogP contribution in [0, 0.1) is 0 Å². The Morgan fingerprint density at radius 1 is 1.00 bits per heavy atom. The number of pyridine rings is 1. The van der Waals surface area contributed by atoms with E-state index in [1.807, 2.05) is 87.0 Å². The smallest absolute Gasteiger partial charge is 0.257 e. The maximum Gasteiger partial charge on any atom is 0.257 e. The molecule has 1 fully saturated rings. The largest absolute Gasteiger partial charge is 0.497 e. The number of amides is 1. The van der Waals surface area contributed by atoms with Crippen LogP contribution in [0.25, 0.3) is 16.9 Å². The first-order valence-electron chi connectivity index (χ1n) is 12.5. The number of aromatic nitrogens is 5. The van der Waals surface area contributed by atoms with Crippen LogP contribution in [0.1, 0.15) is 40.5 Å². The number of likely N-dealkylation sites (tertiary alicyclic amines) is 1. The van der Waals surface area contributed by atoms with E-state index in [1.54, 1.807) is 7.11 Å². The average molecular weight is 493 g/mol. The van der Waals surface area contributed by atoms with E-state index in [9.17, 15) is 4.79 Å². The summed E-state index contributed by atoms with van der Waals surface area (Å²) in [6.45, 7) is 1.89. The van der Waals surface area contributed by atoms with Gasteiger partial charge in [0, 0.05) is 37.0 Å². The second kappa shape index (κ2) is 9.89. The van der Waals surface area contributed by atoms with Gasteiger partial charge in [0.2, 0.25) is 0 Å². The summed E-state index contributed by atoms with van der Waals surface area (Å²) >= 11 is 0. The number of methoxy groups -OCH3 is 1. The van der Waals surface area contributed by atoms with Gasteiger partial charge >= 0.3 is 0 Å². The second-order valence-corrected chi connectivity index (χ2v) is 9.38. The summed E-state index contributed by atoms with van der Waals surface area (Å²) in [6, 6.07) is 23.7. The molecule has 1 unspecified atom stereocenters. The van der Waals surface area contributed by atoms with Crippen LogP contribution >= 0.6 is 0 Å². The van der Waals surface area contributed by atoms with Crippen molar-refractivity contribution in [2.45, 2.75) is 25.3 Å². The third-order valence-electron chi connectivity index (χ3n) is 6.96. The molecule has 0 aliphatic carbocycles. The van der Waals surface area contributed by atoms with Crippen molar-refractivity contribution >= 4 is 11.6 Å². The Labute approximate surface area is 215 Å². The summed E-state index contributed by atoms with van der Waals surface area (Å²) in [7, 11) is 1.64. The molecule has 3 aromatic heterocycles. The van der Waals surface area contributed by atoms with Crippen molar-refractivity contribution in [3.8, 4) is 17.0 Å². The van der Waals surface area contributed by atoms with Crippen molar-refractivity contribution in [1.29, 1.82) is 0 Å². The molecule has 1 amide bonds. The molecule has 37 heavy (non-hydrogen) atoms. The van der Waals surface area contributed by atoms with Gasteiger partial charge in [-0.2, -0.15) is 5.10 Å². The first kappa shape index (κ1) is 23.0. The van der Waals surface area contributed by atoms with Crippen molar-refractivity contribution < 1.29 is 9.53 Å². The Hall–Kier alpha value is -4.46. The molecule has 1 saturated heterocycles. The summed E-state index contributed by atoms with van der Waals surface area (Å²) in [4.78, 5) is 15.9. The molecular formula is C29H28N6O2. The van der Waals surface area contributed by atoms with Gasteiger partial charge in [-0.25, -0.2) is 0 Å². The molecule has 0 saturated carbocycles. The van der Waals surface area contributed by atoms with Crippen LogP contribution in [0.3, 0.4) is 0 Å². The Bertz CT molecular complexity index is 1520. The first-order chi connectivity index (χ1) is 18.2. The monoisotopic (exact) mass is 492 g/mol. The SMILES string of the molecule is COc1ccc(-c2nn(Cc3ccccc3)cc2C(=O)N2CCCC(c3nnc4ccccn34)C2)cc1. The molecule has 0 radical (unpaired) electrons. The zero-order chi connectivity index (χ0) is 25.2. The predicted molar refractivity (Wildman–Crippen MR) is 141 cm³/mol. The highest BCUT2D eigenvalue weighted by atomic mass is 16.5. The van der Waals surface area contributed by atoms with E-state index in [0.717, 1.165) is 41.2 Å². The molecule has 1 aliphatic rings. The van der Waals surface area contributed by atoms with Gasteiger partial charge in [0.15, 0.2) is 5.65 Å². The number of hydrogen-bond donors (Lipinski definition) is 0. The highest BCUT2D eigenvalue weighted by molar-refractivity contribution is 6.00. The molecule has 0 spiro atoms. The maximum atomic E-state index is 14.0. The summed E-state index contributed by atoms with van der Waals surface area (Å²) < 4.78 is 9.21. The van der Waals surface area contributed by atoms with Gasteiger partial charge in [0.25, 0.3) is 5.91 Å². The lowest BCUT2D eigenvalue weighted by Crippen LogP contribution is -2.39. The number of carbonyl (C=O) groups excluding carboxylic acids is 1. The highest BCUT2D eigenvalue weighted by Gasteiger charge is 2.30. The fourth-order valence-electron chi connectivity index (χ4n) is 5.07. The van der Waals surface area contributed by atoms with Crippen molar-refractivity contribution in [2.75, 3.05) is 20.2 Å². The first-order valence-corrected chi connectivity index (χ1v) is 12.5. The van der Waals surface area contributed by atoms with E-state index in [2.05, 4.69) is 22.3 Å². The molecule has 8 heteroatoms. The zero-order valence-electron chi connectivity index (χ0n) is 20.7. The van der Waals surface area contributed by atoms with Crippen LogP contribution in [0.2, 0.25) is 0 Å². The average Bonchev–Trinajstić information content (AvgIpc) is 3.58. The number of piperidine rings is 1. The van der Waals surface area contributed by atoms with Crippen molar-refractivity contribution in [2.24, 2.45) is 0 Å². The Morgan fingerprint density at radius 3 is 2.62 bits per heavy atom. The van der Waals surface area contributed by atoms with E-state index in [0.29, 0.717) is 30.9 Å². The normalized spacial score (nSPS) is 15.7. The molecule has 0 N–H and O–H groups in total. The molecule has 2 aromatic carbocycles. The molecule has 186 valence electrons. The van der Waals surface area contributed by atoms with Crippen LogP contribution in [0.15, 0.2) is 85.2 Å². The quantitative estimate of drug-likeness (QED) is 0.344. The van der Waals surface area contributed by atoms with Crippen LogP contribution in [0.4, 0.5) is 0 Å². The lowest BCUT2D eigenvalue weighted by Gasteiger charge is -2.32. The van der Waals surface area contributed by atoms with Gasteiger partial charge in [-0.3, -0.25) is 13.9 Å². The molecule has 6 rings (SSSR count). The van der Waals surface area contributed by atoms with E-state index < -0.39 is 0 Å². The second-order valence-electron chi connectivity index (χ2n) is 9.38. The molecular weight excluding hydrogens is 464 g/mol. The summed E-state index contributed by atoms with van der Waals surface area (Å²) in [6.07, 6.45) is 5.75. The Morgan fingerprint density at radius 2 is 1.81 bits per heavy atom. The zero-order valence-corrected chi connectivity index (χ0v) is 20.7. The molecule has 8 nitrogen and oxygen atoms in total.